The molecule has 0 unspecified atom stereocenters. The summed E-state index contributed by atoms with van der Waals surface area (Å²) in [5, 5.41) is 27.0. The third kappa shape index (κ3) is 4.03. The molecule has 8 nitrogen and oxygen atoms in total. The molecular weight excluding hydrogens is 256 g/mol. The molecule has 0 aliphatic heterocycles. The number of amides is 1. The Morgan fingerprint density at radius 2 is 2.00 bits per heavy atom. The van der Waals surface area contributed by atoms with Crippen molar-refractivity contribution in [2.45, 2.75) is 18.9 Å². The second-order valence-corrected chi connectivity index (χ2v) is 3.68. The Kier molecular flexibility index (Phi) is 4.95. The zero-order valence-electron chi connectivity index (χ0n) is 9.76. The fourth-order valence-electron chi connectivity index (χ4n) is 1.37. The fraction of sp³-hybridized carbons (Fsp3) is 0.273. The number of hydrogen-bond acceptors (Lipinski definition) is 5. The van der Waals surface area contributed by atoms with Gasteiger partial charge < -0.3 is 10.2 Å². The molecule has 1 heterocycles. The van der Waals surface area contributed by atoms with E-state index >= 15 is 0 Å². The van der Waals surface area contributed by atoms with Crippen LogP contribution in [0.15, 0.2) is 24.5 Å². The maximum atomic E-state index is 11.8. The van der Waals surface area contributed by atoms with E-state index in [-0.39, 0.29) is 10.6 Å². The number of hydrogen-bond donors (Lipinski definition) is 3. The van der Waals surface area contributed by atoms with Crippen molar-refractivity contribution < 1.29 is 29.8 Å². The number of carbonyl (C=O) groups is 3. The van der Waals surface area contributed by atoms with Crippen molar-refractivity contribution >= 4 is 17.8 Å². The number of pyridine rings is 1. The molecule has 3 N–H and O–H groups in total. The number of rotatable bonds is 6. The zero-order valence-corrected chi connectivity index (χ0v) is 9.76. The van der Waals surface area contributed by atoms with Gasteiger partial charge in [-0.05, 0) is 18.6 Å². The van der Waals surface area contributed by atoms with Crippen LogP contribution in [0.4, 0.5) is 0 Å². The summed E-state index contributed by atoms with van der Waals surface area (Å²) in [6.45, 7) is 0. The van der Waals surface area contributed by atoms with Crippen LogP contribution in [0.1, 0.15) is 23.2 Å². The predicted octanol–water partition coefficient (Wildman–Crippen LogP) is 0.231. The molecule has 1 atom stereocenters. The minimum Gasteiger partial charge on any atom is -0.481 e. The van der Waals surface area contributed by atoms with Crippen molar-refractivity contribution in [1.29, 1.82) is 0 Å². The van der Waals surface area contributed by atoms with Gasteiger partial charge in [0.1, 0.15) is 0 Å². The summed E-state index contributed by atoms with van der Waals surface area (Å²) < 4.78 is 0. The van der Waals surface area contributed by atoms with Crippen LogP contribution in [0.5, 0.6) is 0 Å². The lowest BCUT2D eigenvalue weighted by molar-refractivity contribution is -0.159. The summed E-state index contributed by atoms with van der Waals surface area (Å²) in [7, 11) is 0. The SMILES string of the molecule is O=C(O)CC[C@H](C(=O)O)N(O)C(=O)c1cccnc1. The molecule has 1 aromatic rings. The van der Waals surface area contributed by atoms with Crippen molar-refractivity contribution in [1.82, 2.24) is 10.0 Å². The minimum atomic E-state index is -1.62. The smallest absolute Gasteiger partial charge is 0.329 e. The van der Waals surface area contributed by atoms with Crippen LogP contribution in [-0.2, 0) is 9.59 Å². The third-order valence-electron chi connectivity index (χ3n) is 2.33. The molecule has 0 aromatic carbocycles. The van der Waals surface area contributed by atoms with E-state index in [0.29, 0.717) is 0 Å². The maximum absolute atomic E-state index is 11.8. The molecule has 102 valence electrons. The summed E-state index contributed by atoms with van der Waals surface area (Å²) >= 11 is 0. The van der Waals surface area contributed by atoms with Crippen molar-refractivity contribution in [2.24, 2.45) is 0 Å². The average Bonchev–Trinajstić information content (AvgIpc) is 2.38. The second-order valence-electron chi connectivity index (χ2n) is 3.68. The lowest BCUT2D eigenvalue weighted by atomic mass is 10.1. The molecule has 0 aliphatic carbocycles. The third-order valence-corrected chi connectivity index (χ3v) is 2.33. The van der Waals surface area contributed by atoms with Gasteiger partial charge in [-0.2, -0.15) is 0 Å². The predicted molar refractivity (Wildman–Crippen MR) is 60.5 cm³/mol. The van der Waals surface area contributed by atoms with Crippen LogP contribution >= 0.6 is 0 Å². The Morgan fingerprint density at radius 3 is 2.47 bits per heavy atom. The van der Waals surface area contributed by atoms with Crippen LogP contribution in [0.3, 0.4) is 0 Å². The summed E-state index contributed by atoms with van der Waals surface area (Å²) in [5.41, 5.74) is 0.00609. The molecule has 0 bridgehead atoms. The number of carboxylic acids is 2. The maximum Gasteiger partial charge on any atom is 0.329 e. The summed E-state index contributed by atoms with van der Waals surface area (Å²) in [5.74, 6) is -3.65. The number of aromatic nitrogens is 1. The fourth-order valence-corrected chi connectivity index (χ4v) is 1.37. The normalized spacial score (nSPS) is 11.6. The van der Waals surface area contributed by atoms with Gasteiger partial charge >= 0.3 is 11.9 Å². The van der Waals surface area contributed by atoms with Gasteiger partial charge in [0.25, 0.3) is 5.91 Å². The average molecular weight is 268 g/mol. The van der Waals surface area contributed by atoms with Crippen molar-refractivity contribution in [3.8, 4) is 0 Å². The van der Waals surface area contributed by atoms with E-state index in [0.717, 1.165) is 0 Å². The van der Waals surface area contributed by atoms with E-state index in [9.17, 15) is 19.6 Å². The first-order valence-electron chi connectivity index (χ1n) is 5.30. The number of carbonyl (C=O) groups excluding carboxylic acids is 1. The van der Waals surface area contributed by atoms with E-state index in [2.05, 4.69) is 4.98 Å². The van der Waals surface area contributed by atoms with Gasteiger partial charge in [-0.1, -0.05) is 0 Å². The van der Waals surface area contributed by atoms with Gasteiger partial charge in [0, 0.05) is 18.8 Å². The summed E-state index contributed by atoms with van der Waals surface area (Å²) in [4.78, 5) is 36.8. The highest BCUT2D eigenvalue weighted by atomic mass is 16.5. The molecule has 0 aliphatic rings. The largest absolute Gasteiger partial charge is 0.481 e. The van der Waals surface area contributed by atoms with Gasteiger partial charge in [0.2, 0.25) is 0 Å². The molecule has 0 fully saturated rings. The lowest BCUT2D eigenvalue weighted by Gasteiger charge is -2.21. The second kappa shape index (κ2) is 6.45. The first-order valence-corrected chi connectivity index (χ1v) is 5.30. The van der Waals surface area contributed by atoms with Crippen LogP contribution < -0.4 is 0 Å². The topological polar surface area (TPSA) is 128 Å². The molecule has 1 amide bonds. The first kappa shape index (κ1) is 14.6. The van der Waals surface area contributed by atoms with Crippen LogP contribution in [-0.4, -0.2) is 49.4 Å². The van der Waals surface area contributed by atoms with Crippen molar-refractivity contribution in [3.63, 3.8) is 0 Å². The van der Waals surface area contributed by atoms with Crippen LogP contribution in [0.2, 0.25) is 0 Å². The summed E-state index contributed by atoms with van der Waals surface area (Å²) in [6.07, 6.45) is 1.71. The molecular formula is C11H12N2O6. The molecule has 0 spiro atoms. The quantitative estimate of drug-likeness (QED) is 0.497. The molecule has 1 rings (SSSR count). The Balaban J connectivity index is 2.82. The molecule has 1 aromatic heterocycles. The van der Waals surface area contributed by atoms with Gasteiger partial charge in [-0.25, -0.2) is 9.86 Å². The summed E-state index contributed by atoms with van der Waals surface area (Å²) in [6, 6.07) is 1.19. The van der Waals surface area contributed by atoms with E-state index in [1.165, 1.54) is 24.5 Å². The molecule has 0 saturated carbocycles. The van der Waals surface area contributed by atoms with Crippen molar-refractivity contribution in [2.75, 3.05) is 0 Å². The highest BCUT2D eigenvalue weighted by Crippen LogP contribution is 2.10. The Labute approximate surface area is 107 Å². The number of carboxylic acid groups (broad SMARTS) is 2. The Hall–Kier alpha value is -2.48. The number of hydroxylamine groups is 2. The van der Waals surface area contributed by atoms with Gasteiger partial charge in [-0.3, -0.25) is 19.8 Å². The molecule has 0 saturated heterocycles. The molecule has 8 heteroatoms. The minimum absolute atomic E-state index is 0.00609. The van der Waals surface area contributed by atoms with Crippen LogP contribution in [0, 0.1) is 0 Å². The Morgan fingerprint density at radius 1 is 1.32 bits per heavy atom. The Bertz CT molecular complexity index is 475. The van der Waals surface area contributed by atoms with Gasteiger partial charge in [-0.15, -0.1) is 0 Å². The van der Waals surface area contributed by atoms with Crippen molar-refractivity contribution in [3.05, 3.63) is 30.1 Å². The monoisotopic (exact) mass is 268 g/mol. The van der Waals surface area contributed by atoms with Gasteiger partial charge in [0.15, 0.2) is 6.04 Å². The van der Waals surface area contributed by atoms with E-state index in [4.69, 9.17) is 10.2 Å². The number of aliphatic carboxylic acids is 2. The van der Waals surface area contributed by atoms with E-state index < -0.39 is 36.7 Å². The van der Waals surface area contributed by atoms with Crippen LogP contribution in [0.25, 0.3) is 0 Å². The number of nitrogens with zero attached hydrogens (tertiary/aromatic N) is 2. The first-order chi connectivity index (χ1) is 8.93. The lowest BCUT2D eigenvalue weighted by Crippen LogP contribution is -2.43. The highest BCUT2D eigenvalue weighted by molar-refractivity contribution is 5.95. The molecule has 0 radical (unpaired) electrons. The standard InChI is InChI=1S/C11H12N2O6/c14-9(15)4-3-8(11(17)18)13(19)10(16)7-2-1-5-12-6-7/h1-2,5-6,8,19H,3-4H2,(H,14,15)(H,17,18)/t8-/m1/s1. The van der Waals surface area contributed by atoms with E-state index in [1.54, 1.807) is 0 Å². The van der Waals surface area contributed by atoms with E-state index in [1.807, 2.05) is 0 Å². The highest BCUT2D eigenvalue weighted by Gasteiger charge is 2.29. The zero-order chi connectivity index (χ0) is 14.4. The van der Waals surface area contributed by atoms with Gasteiger partial charge in [0.05, 0.1) is 5.56 Å². The molecule has 19 heavy (non-hydrogen) atoms.